The van der Waals surface area contributed by atoms with Gasteiger partial charge in [0, 0.05) is 12.5 Å². The zero-order valence-electron chi connectivity index (χ0n) is 11.5. The van der Waals surface area contributed by atoms with Gasteiger partial charge in [-0.1, -0.05) is 30.3 Å². The molecule has 0 atom stereocenters. The van der Waals surface area contributed by atoms with Crippen LogP contribution >= 0.6 is 0 Å². The minimum absolute atomic E-state index is 0.143. The van der Waals surface area contributed by atoms with Crippen molar-refractivity contribution < 1.29 is 14.7 Å². The van der Waals surface area contributed by atoms with Crippen molar-refractivity contribution in [2.75, 3.05) is 0 Å². The number of hydrogen-bond donors (Lipinski definition) is 2. The van der Waals surface area contributed by atoms with Gasteiger partial charge in [-0.15, -0.1) is 0 Å². The van der Waals surface area contributed by atoms with E-state index in [4.69, 9.17) is 0 Å². The molecule has 0 bridgehead atoms. The summed E-state index contributed by atoms with van der Waals surface area (Å²) < 4.78 is 0. The number of phenolic OH excluding ortho intramolecular Hbond substituents is 1. The number of Topliss-reactive ketones (excluding diaryl/α,β-unsaturated/α-hetero) is 1. The van der Waals surface area contributed by atoms with Gasteiger partial charge in [-0.05, 0) is 35.9 Å². The molecular formula is C17H15NO3. The predicted molar refractivity (Wildman–Crippen MR) is 80.7 cm³/mol. The Morgan fingerprint density at radius 1 is 1.00 bits per heavy atom. The van der Waals surface area contributed by atoms with Crippen molar-refractivity contribution in [3.63, 3.8) is 0 Å². The van der Waals surface area contributed by atoms with E-state index in [0.717, 1.165) is 0 Å². The molecule has 2 rings (SSSR count). The number of rotatable bonds is 4. The number of allylic oxidation sites excluding steroid dienone is 1. The fraction of sp³-hybridized carbons (Fsp3) is 0.0588. The van der Waals surface area contributed by atoms with Crippen LogP contribution in [-0.4, -0.2) is 16.8 Å². The Hall–Kier alpha value is -2.88. The number of amides is 1. The van der Waals surface area contributed by atoms with Crippen molar-refractivity contribution in [2.45, 2.75) is 6.92 Å². The minimum atomic E-state index is -0.337. The van der Waals surface area contributed by atoms with Gasteiger partial charge < -0.3 is 10.4 Å². The molecule has 0 heterocycles. The molecule has 0 aliphatic heterocycles. The highest BCUT2D eigenvalue weighted by molar-refractivity contribution is 6.05. The Morgan fingerprint density at radius 2 is 1.62 bits per heavy atom. The van der Waals surface area contributed by atoms with Gasteiger partial charge in [0.05, 0.1) is 5.70 Å². The van der Waals surface area contributed by atoms with Crippen LogP contribution in [0.4, 0.5) is 0 Å². The van der Waals surface area contributed by atoms with Crippen LogP contribution < -0.4 is 5.32 Å². The van der Waals surface area contributed by atoms with Crippen LogP contribution in [0.3, 0.4) is 0 Å². The number of carbonyl (C=O) groups excluding carboxylic acids is 2. The third-order valence-corrected chi connectivity index (χ3v) is 2.87. The summed E-state index contributed by atoms with van der Waals surface area (Å²) in [7, 11) is 0. The number of ketones is 1. The van der Waals surface area contributed by atoms with E-state index >= 15 is 0 Å². The first-order valence-electron chi connectivity index (χ1n) is 6.44. The fourth-order valence-electron chi connectivity index (χ4n) is 1.75. The average Bonchev–Trinajstić information content (AvgIpc) is 2.49. The zero-order chi connectivity index (χ0) is 15.2. The lowest BCUT2D eigenvalue weighted by Crippen LogP contribution is -2.26. The van der Waals surface area contributed by atoms with E-state index in [0.29, 0.717) is 11.1 Å². The summed E-state index contributed by atoms with van der Waals surface area (Å²) >= 11 is 0. The average molecular weight is 281 g/mol. The van der Waals surface area contributed by atoms with Gasteiger partial charge in [0.25, 0.3) is 5.91 Å². The third kappa shape index (κ3) is 4.04. The second-order valence-electron chi connectivity index (χ2n) is 4.53. The van der Waals surface area contributed by atoms with E-state index in [1.54, 1.807) is 42.5 Å². The Kier molecular flexibility index (Phi) is 4.51. The van der Waals surface area contributed by atoms with Crippen LogP contribution in [0, 0.1) is 0 Å². The van der Waals surface area contributed by atoms with Crippen molar-refractivity contribution in [1.29, 1.82) is 0 Å². The molecule has 0 saturated carbocycles. The second-order valence-corrected chi connectivity index (χ2v) is 4.53. The molecule has 0 fully saturated rings. The van der Waals surface area contributed by atoms with Crippen molar-refractivity contribution in [3.05, 3.63) is 71.4 Å². The molecule has 0 radical (unpaired) electrons. The lowest BCUT2D eigenvalue weighted by molar-refractivity contribution is -0.113. The SMILES string of the molecule is CC(=O)/C(=C/c1ccc(O)cc1)NC(=O)c1ccccc1. The minimum Gasteiger partial charge on any atom is -0.508 e. The molecule has 2 N–H and O–H groups in total. The Morgan fingerprint density at radius 3 is 2.19 bits per heavy atom. The number of nitrogens with one attached hydrogen (secondary N) is 1. The van der Waals surface area contributed by atoms with Crippen LogP contribution in [0.5, 0.6) is 5.75 Å². The van der Waals surface area contributed by atoms with E-state index in [1.807, 2.05) is 6.07 Å². The van der Waals surface area contributed by atoms with Crippen LogP contribution in [0.2, 0.25) is 0 Å². The maximum Gasteiger partial charge on any atom is 0.255 e. The highest BCUT2D eigenvalue weighted by atomic mass is 16.3. The van der Waals surface area contributed by atoms with Gasteiger partial charge in [-0.25, -0.2) is 0 Å². The lowest BCUT2D eigenvalue weighted by Gasteiger charge is -2.07. The van der Waals surface area contributed by atoms with Crippen LogP contribution in [0.25, 0.3) is 6.08 Å². The zero-order valence-corrected chi connectivity index (χ0v) is 11.5. The lowest BCUT2D eigenvalue weighted by atomic mass is 10.1. The standard InChI is InChI=1S/C17H15NO3/c1-12(19)16(11-13-7-9-15(20)10-8-13)18-17(21)14-5-3-2-4-6-14/h2-11,20H,1H3,(H,18,21)/b16-11-. The smallest absolute Gasteiger partial charge is 0.255 e. The summed E-state index contributed by atoms with van der Waals surface area (Å²) in [6, 6.07) is 15.0. The molecule has 0 saturated heterocycles. The second kappa shape index (κ2) is 6.52. The monoisotopic (exact) mass is 281 g/mol. The van der Waals surface area contributed by atoms with Gasteiger partial charge in [0.2, 0.25) is 0 Å². The van der Waals surface area contributed by atoms with Crippen LogP contribution in [0.15, 0.2) is 60.3 Å². The van der Waals surface area contributed by atoms with Gasteiger partial charge in [-0.2, -0.15) is 0 Å². The van der Waals surface area contributed by atoms with Crippen molar-refractivity contribution in [1.82, 2.24) is 5.32 Å². The molecule has 0 aliphatic carbocycles. The molecule has 4 nitrogen and oxygen atoms in total. The van der Waals surface area contributed by atoms with Gasteiger partial charge in [-0.3, -0.25) is 9.59 Å². The summed E-state index contributed by atoms with van der Waals surface area (Å²) in [6.45, 7) is 1.39. The first-order valence-corrected chi connectivity index (χ1v) is 6.44. The van der Waals surface area contributed by atoms with E-state index in [1.165, 1.54) is 19.1 Å². The summed E-state index contributed by atoms with van der Waals surface area (Å²) in [5.41, 5.74) is 1.40. The van der Waals surface area contributed by atoms with E-state index in [2.05, 4.69) is 5.32 Å². The number of carbonyl (C=O) groups is 2. The predicted octanol–water partition coefficient (Wildman–Crippen LogP) is 2.75. The van der Waals surface area contributed by atoms with Crippen molar-refractivity contribution >= 4 is 17.8 Å². The molecule has 0 spiro atoms. The normalized spacial score (nSPS) is 11.0. The Balaban J connectivity index is 2.22. The topological polar surface area (TPSA) is 66.4 Å². The fourth-order valence-corrected chi connectivity index (χ4v) is 1.75. The molecule has 0 unspecified atom stereocenters. The number of benzene rings is 2. The van der Waals surface area contributed by atoms with Gasteiger partial charge >= 0.3 is 0 Å². The van der Waals surface area contributed by atoms with Crippen molar-refractivity contribution in [2.24, 2.45) is 0 Å². The van der Waals surface area contributed by atoms with Crippen LogP contribution in [-0.2, 0) is 4.79 Å². The highest BCUT2D eigenvalue weighted by Crippen LogP contribution is 2.13. The molecular weight excluding hydrogens is 266 g/mol. The Bertz CT molecular complexity index is 673. The summed E-state index contributed by atoms with van der Waals surface area (Å²) in [5.74, 6) is -0.437. The maximum atomic E-state index is 12.1. The van der Waals surface area contributed by atoms with Crippen LogP contribution in [0.1, 0.15) is 22.8 Å². The van der Waals surface area contributed by atoms with E-state index < -0.39 is 0 Å². The van der Waals surface area contributed by atoms with E-state index in [-0.39, 0.29) is 23.1 Å². The quantitative estimate of drug-likeness (QED) is 0.847. The first kappa shape index (κ1) is 14.5. The molecule has 4 heteroatoms. The van der Waals surface area contributed by atoms with Gasteiger partial charge in [0.15, 0.2) is 5.78 Å². The molecule has 2 aromatic carbocycles. The maximum absolute atomic E-state index is 12.1. The van der Waals surface area contributed by atoms with Gasteiger partial charge in [0.1, 0.15) is 5.75 Å². The molecule has 21 heavy (non-hydrogen) atoms. The first-order chi connectivity index (χ1) is 10.1. The number of hydrogen-bond acceptors (Lipinski definition) is 3. The molecule has 1 amide bonds. The number of aromatic hydroxyl groups is 1. The molecule has 0 aliphatic rings. The van der Waals surface area contributed by atoms with Crippen molar-refractivity contribution in [3.8, 4) is 5.75 Å². The van der Waals surface area contributed by atoms with E-state index in [9.17, 15) is 14.7 Å². The molecule has 0 aromatic heterocycles. The Labute approximate surface area is 122 Å². The summed E-state index contributed by atoms with van der Waals surface area (Å²) in [6.07, 6.45) is 1.57. The number of phenols is 1. The molecule has 106 valence electrons. The third-order valence-electron chi connectivity index (χ3n) is 2.87. The largest absolute Gasteiger partial charge is 0.508 e. The summed E-state index contributed by atoms with van der Waals surface area (Å²) in [5, 5.41) is 11.8. The highest BCUT2D eigenvalue weighted by Gasteiger charge is 2.10. The molecule has 2 aromatic rings. The summed E-state index contributed by atoms with van der Waals surface area (Å²) in [4.78, 5) is 23.7.